The molecule has 0 fully saturated rings. The monoisotopic (exact) mass is 482 g/mol. The van der Waals surface area contributed by atoms with E-state index in [0.717, 1.165) is 22.0 Å². The molecular formula is C28H27FN6O. The van der Waals surface area contributed by atoms with Crippen molar-refractivity contribution in [3.05, 3.63) is 102 Å². The SMILES string of the molecule is Cn1ccc(NC(=O)C(C)(C)C(c2ccccc2)c2ccc3c(cnn3-c3ccc(F)cc3N)c2)n1. The third-order valence-corrected chi connectivity index (χ3v) is 6.54. The predicted octanol–water partition coefficient (Wildman–Crippen LogP) is 5.28. The number of anilines is 2. The summed E-state index contributed by atoms with van der Waals surface area (Å²) in [5, 5.41) is 12.7. The number of nitrogen functional groups attached to an aromatic ring is 1. The summed E-state index contributed by atoms with van der Waals surface area (Å²) >= 11 is 0. The van der Waals surface area contributed by atoms with Crippen LogP contribution < -0.4 is 11.1 Å². The maximum absolute atomic E-state index is 13.6. The van der Waals surface area contributed by atoms with Crippen molar-refractivity contribution in [2.24, 2.45) is 12.5 Å². The number of carbonyl (C=O) groups is 1. The van der Waals surface area contributed by atoms with Crippen molar-refractivity contribution >= 4 is 28.3 Å². The van der Waals surface area contributed by atoms with Crippen LogP contribution in [0.5, 0.6) is 0 Å². The number of rotatable bonds is 6. The van der Waals surface area contributed by atoms with Crippen LogP contribution in [-0.4, -0.2) is 25.5 Å². The van der Waals surface area contributed by atoms with Gasteiger partial charge in [-0.15, -0.1) is 0 Å². The number of hydrogen-bond acceptors (Lipinski definition) is 4. The van der Waals surface area contributed by atoms with Crippen LogP contribution >= 0.6 is 0 Å². The van der Waals surface area contributed by atoms with Crippen LogP contribution in [0.15, 0.2) is 85.2 Å². The van der Waals surface area contributed by atoms with Gasteiger partial charge in [0.2, 0.25) is 5.91 Å². The zero-order valence-electron chi connectivity index (χ0n) is 20.3. The van der Waals surface area contributed by atoms with Crippen molar-refractivity contribution in [2.75, 3.05) is 11.1 Å². The fraction of sp³-hybridized carbons (Fsp3) is 0.179. The Bertz CT molecular complexity index is 1550. The Kier molecular flexibility index (Phi) is 5.80. The summed E-state index contributed by atoms with van der Waals surface area (Å²) in [5.41, 5.74) is 8.98. The molecule has 7 nitrogen and oxygen atoms in total. The van der Waals surface area contributed by atoms with E-state index in [-0.39, 0.29) is 11.8 Å². The third-order valence-electron chi connectivity index (χ3n) is 6.54. The second-order valence-corrected chi connectivity index (χ2v) is 9.47. The Hall–Kier alpha value is -4.46. The second kappa shape index (κ2) is 8.96. The summed E-state index contributed by atoms with van der Waals surface area (Å²) < 4.78 is 16.9. The largest absolute Gasteiger partial charge is 0.397 e. The number of hydrogen-bond donors (Lipinski definition) is 2. The topological polar surface area (TPSA) is 90.8 Å². The Morgan fingerprint density at radius 3 is 2.50 bits per heavy atom. The van der Waals surface area contributed by atoms with Crippen LogP contribution in [0, 0.1) is 11.2 Å². The Morgan fingerprint density at radius 1 is 1.03 bits per heavy atom. The molecule has 1 atom stereocenters. The lowest BCUT2D eigenvalue weighted by Crippen LogP contribution is -2.37. The van der Waals surface area contributed by atoms with E-state index in [9.17, 15) is 9.18 Å². The van der Waals surface area contributed by atoms with Crippen LogP contribution in [0.2, 0.25) is 0 Å². The standard InChI is InChI=1S/C28H27FN6O/c1-28(2,27(36)32-25-13-14-34(3)33-25)26(18-7-5-4-6-8-18)19-9-11-23-20(15-19)17-31-35(23)24-12-10-21(29)16-22(24)30/h4-17,26H,30H2,1-3H3,(H,32,33,36). The first-order valence-electron chi connectivity index (χ1n) is 11.6. The molecule has 5 aromatic rings. The van der Waals surface area contributed by atoms with E-state index in [1.165, 1.54) is 12.1 Å². The number of fused-ring (bicyclic) bond motifs is 1. The number of benzene rings is 3. The van der Waals surface area contributed by atoms with Gasteiger partial charge in [0.25, 0.3) is 0 Å². The van der Waals surface area contributed by atoms with E-state index < -0.39 is 11.2 Å². The molecule has 0 radical (unpaired) electrons. The molecule has 0 spiro atoms. The number of nitrogens with two attached hydrogens (primary N) is 1. The highest BCUT2D eigenvalue weighted by atomic mass is 19.1. The van der Waals surface area contributed by atoms with Crippen LogP contribution in [0.25, 0.3) is 16.6 Å². The number of carbonyl (C=O) groups excluding carboxylic acids is 1. The van der Waals surface area contributed by atoms with Gasteiger partial charge in [0.05, 0.1) is 28.5 Å². The van der Waals surface area contributed by atoms with Crippen LogP contribution in [0.3, 0.4) is 0 Å². The van der Waals surface area contributed by atoms with E-state index in [1.54, 1.807) is 33.9 Å². The molecule has 0 aliphatic heterocycles. The number of aromatic nitrogens is 4. The van der Waals surface area contributed by atoms with Gasteiger partial charge in [-0.05, 0) is 41.5 Å². The molecule has 36 heavy (non-hydrogen) atoms. The maximum atomic E-state index is 13.6. The molecule has 3 aromatic carbocycles. The van der Waals surface area contributed by atoms with Crippen molar-refractivity contribution in [2.45, 2.75) is 19.8 Å². The maximum Gasteiger partial charge on any atom is 0.232 e. The summed E-state index contributed by atoms with van der Waals surface area (Å²) in [4.78, 5) is 13.5. The van der Waals surface area contributed by atoms with Gasteiger partial charge in [-0.2, -0.15) is 10.2 Å². The Morgan fingerprint density at radius 2 is 1.81 bits per heavy atom. The van der Waals surface area contributed by atoms with E-state index >= 15 is 0 Å². The van der Waals surface area contributed by atoms with E-state index in [2.05, 4.69) is 15.5 Å². The van der Waals surface area contributed by atoms with Gasteiger partial charge < -0.3 is 11.1 Å². The fourth-order valence-corrected chi connectivity index (χ4v) is 4.70. The quantitative estimate of drug-likeness (QED) is 0.322. The lowest BCUT2D eigenvalue weighted by Gasteiger charge is -2.34. The molecule has 0 saturated heterocycles. The van der Waals surface area contributed by atoms with Gasteiger partial charge in [-0.3, -0.25) is 9.48 Å². The van der Waals surface area contributed by atoms with E-state index in [4.69, 9.17) is 5.73 Å². The summed E-state index contributed by atoms with van der Waals surface area (Å²) in [6.45, 7) is 3.88. The molecule has 0 aliphatic rings. The predicted molar refractivity (Wildman–Crippen MR) is 139 cm³/mol. The van der Waals surface area contributed by atoms with Gasteiger partial charge in [0, 0.05) is 30.6 Å². The molecule has 8 heteroatoms. The average molecular weight is 483 g/mol. The minimum atomic E-state index is -0.816. The normalized spacial score (nSPS) is 12.6. The minimum Gasteiger partial charge on any atom is -0.397 e. The van der Waals surface area contributed by atoms with Crippen molar-refractivity contribution in [1.82, 2.24) is 19.6 Å². The molecule has 0 bridgehead atoms. The number of nitrogens with one attached hydrogen (secondary N) is 1. The molecule has 0 saturated carbocycles. The molecule has 182 valence electrons. The van der Waals surface area contributed by atoms with Gasteiger partial charge in [0.1, 0.15) is 5.82 Å². The lowest BCUT2D eigenvalue weighted by molar-refractivity contribution is -0.124. The Balaban J connectivity index is 1.57. The summed E-state index contributed by atoms with van der Waals surface area (Å²) in [6.07, 6.45) is 3.54. The molecule has 3 N–H and O–H groups in total. The minimum absolute atomic E-state index is 0.134. The lowest BCUT2D eigenvalue weighted by atomic mass is 9.70. The number of aryl methyl sites for hydroxylation is 1. The van der Waals surface area contributed by atoms with Crippen molar-refractivity contribution in [3.63, 3.8) is 0 Å². The fourth-order valence-electron chi connectivity index (χ4n) is 4.70. The first-order valence-corrected chi connectivity index (χ1v) is 11.6. The molecule has 5 rings (SSSR count). The van der Waals surface area contributed by atoms with Gasteiger partial charge >= 0.3 is 0 Å². The molecule has 1 unspecified atom stereocenters. The van der Waals surface area contributed by atoms with Crippen molar-refractivity contribution in [1.29, 1.82) is 0 Å². The summed E-state index contributed by atoms with van der Waals surface area (Å²) in [5.74, 6) is -0.265. The first-order chi connectivity index (χ1) is 17.2. The van der Waals surface area contributed by atoms with Crippen LogP contribution in [0.4, 0.5) is 15.9 Å². The van der Waals surface area contributed by atoms with Crippen LogP contribution in [0.1, 0.15) is 30.9 Å². The second-order valence-electron chi connectivity index (χ2n) is 9.47. The highest BCUT2D eigenvalue weighted by Crippen LogP contribution is 2.42. The molecule has 1 amide bonds. The van der Waals surface area contributed by atoms with Crippen molar-refractivity contribution in [3.8, 4) is 5.69 Å². The van der Waals surface area contributed by atoms with E-state index in [1.807, 2.05) is 69.4 Å². The van der Waals surface area contributed by atoms with Gasteiger partial charge in [-0.25, -0.2) is 9.07 Å². The zero-order valence-corrected chi connectivity index (χ0v) is 20.3. The zero-order chi connectivity index (χ0) is 25.4. The highest BCUT2D eigenvalue weighted by Gasteiger charge is 2.39. The molecule has 0 aliphatic carbocycles. The van der Waals surface area contributed by atoms with Gasteiger partial charge in [-0.1, -0.05) is 50.2 Å². The molecule has 2 aromatic heterocycles. The Labute approximate surface area is 208 Å². The average Bonchev–Trinajstić information content (AvgIpc) is 3.45. The highest BCUT2D eigenvalue weighted by molar-refractivity contribution is 5.95. The molecule has 2 heterocycles. The van der Waals surface area contributed by atoms with Crippen LogP contribution in [-0.2, 0) is 11.8 Å². The number of halogens is 1. The molecular weight excluding hydrogens is 455 g/mol. The van der Waals surface area contributed by atoms with Crippen molar-refractivity contribution < 1.29 is 9.18 Å². The first kappa shape index (κ1) is 23.3. The number of amides is 1. The smallest absolute Gasteiger partial charge is 0.232 e. The summed E-state index contributed by atoms with van der Waals surface area (Å²) in [6, 6.07) is 22.0. The van der Waals surface area contributed by atoms with E-state index in [0.29, 0.717) is 17.2 Å². The third kappa shape index (κ3) is 4.22. The number of nitrogens with zero attached hydrogens (tertiary/aromatic N) is 4. The van der Waals surface area contributed by atoms with Gasteiger partial charge in [0.15, 0.2) is 5.82 Å². The summed E-state index contributed by atoms with van der Waals surface area (Å²) in [7, 11) is 1.81.